The Morgan fingerprint density at radius 3 is 2.11 bits per heavy atom. The van der Waals surface area contributed by atoms with Gasteiger partial charge in [0.25, 0.3) is 0 Å². The predicted octanol–water partition coefficient (Wildman–Crippen LogP) is 2.83. The predicted molar refractivity (Wildman–Crippen MR) is 107 cm³/mol. The number of pyridine rings is 2. The molecule has 0 saturated carbocycles. The molecule has 0 aromatic carbocycles. The van der Waals surface area contributed by atoms with Crippen molar-refractivity contribution < 1.29 is 9.63 Å². The second-order valence-electron chi connectivity index (χ2n) is 7.27. The van der Waals surface area contributed by atoms with Crippen LogP contribution in [0.4, 0.5) is 4.79 Å². The molecule has 3 rings (SSSR count). The van der Waals surface area contributed by atoms with E-state index < -0.39 is 0 Å². The first-order valence-electron chi connectivity index (χ1n) is 9.71. The third-order valence-electron chi connectivity index (χ3n) is 5.40. The average Bonchev–Trinajstić information content (AvgIpc) is 2.71. The number of hydrogen-bond donors (Lipinski definition) is 1. The van der Waals surface area contributed by atoms with Gasteiger partial charge < -0.3 is 4.90 Å². The average molecular weight is 383 g/mol. The number of carbonyl (C=O) groups excluding carboxylic acids is 1. The summed E-state index contributed by atoms with van der Waals surface area (Å²) < 4.78 is 0. The zero-order chi connectivity index (χ0) is 19.9. The van der Waals surface area contributed by atoms with Crippen LogP contribution in [0.15, 0.2) is 36.7 Å². The summed E-state index contributed by atoms with van der Waals surface area (Å²) in [4.78, 5) is 30.2. The van der Waals surface area contributed by atoms with Crippen molar-refractivity contribution in [2.45, 2.75) is 45.8 Å². The molecule has 28 heavy (non-hydrogen) atoms. The lowest BCUT2D eigenvalue weighted by atomic mass is 10.0. The number of nitrogens with one attached hydrogen (secondary N) is 1. The van der Waals surface area contributed by atoms with Gasteiger partial charge in [0.2, 0.25) is 0 Å². The van der Waals surface area contributed by atoms with Gasteiger partial charge in [-0.05, 0) is 49.9 Å². The lowest BCUT2D eigenvalue weighted by Crippen LogP contribution is -2.49. The minimum atomic E-state index is -0.173. The molecule has 0 bridgehead atoms. The molecular formula is C21H29N5O2. The number of hydrogen-bond acceptors (Lipinski definition) is 5. The fourth-order valence-electron chi connectivity index (χ4n) is 3.65. The molecule has 7 heteroatoms. The van der Waals surface area contributed by atoms with E-state index in [9.17, 15) is 4.79 Å². The topological polar surface area (TPSA) is 70.6 Å². The van der Waals surface area contributed by atoms with Crippen LogP contribution in [0.1, 0.15) is 35.4 Å². The number of carbonyl (C=O) groups is 1. The number of likely N-dealkylation sites (tertiary alicyclic amines) is 1. The molecule has 1 saturated heterocycles. The SMILES string of the molecule is CONC(=O)N1CCC(N(Cc2ncccc2C)Cc2ncccc2C)CC1. The van der Waals surface area contributed by atoms with Crippen LogP contribution in [0.2, 0.25) is 0 Å². The van der Waals surface area contributed by atoms with Crippen molar-refractivity contribution in [1.82, 2.24) is 25.2 Å². The molecule has 2 aromatic rings. The zero-order valence-corrected chi connectivity index (χ0v) is 16.9. The number of nitrogens with zero attached hydrogens (tertiary/aromatic N) is 4. The van der Waals surface area contributed by atoms with Gasteiger partial charge in [0.15, 0.2) is 0 Å². The highest BCUT2D eigenvalue weighted by atomic mass is 16.6. The summed E-state index contributed by atoms with van der Waals surface area (Å²) in [5.41, 5.74) is 6.99. The van der Waals surface area contributed by atoms with E-state index >= 15 is 0 Å². The number of rotatable bonds is 6. The summed E-state index contributed by atoms with van der Waals surface area (Å²) in [5.74, 6) is 0. The van der Waals surface area contributed by atoms with Crippen molar-refractivity contribution in [3.05, 3.63) is 59.2 Å². The summed E-state index contributed by atoms with van der Waals surface area (Å²) in [7, 11) is 1.46. The van der Waals surface area contributed by atoms with E-state index in [2.05, 4.69) is 46.3 Å². The number of hydroxylamine groups is 1. The maximum Gasteiger partial charge on any atom is 0.341 e. The summed E-state index contributed by atoms with van der Waals surface area (Å²) in [5, 5.41) is 0. The van der Waals surface area contributed by atoms with Crippen LogP contribution in [0.25, 0.3) is 0 Å². The molecule has 2 aromatic heterocycles. The van der Waals surface area contributed by atoms with Crippen LogP contribution in [0, 0.1) is 13.8 Å². The van der Waals surface area contributed by atoms with E-state index in [0.717, 1.165) is 37.3 Å². The number of aryl methyl sites for hydroxylation is 2. The van der Waals surface area contributed by atoms with Crippen molar-refractivity contribution in [3.8, 4) is 0 Å². The molecule has 3 heterocycles. The van der Waals surface area contributed by atoms with Gasteiger partial charge in [-0.25, -0.2) is 10.3 Å². The molecular weight excluding hydrogens is 354 g/mol. The monoisotopic (exact) mass is 383 g/mol. The zero-order valence-electron chi connectivity index (χ0n) is 16.9. The molecule has 1 N–H and O–H groups in total. The van der Waals surface area contributed by atoms with E-state index in [-0.39, 0.29) is 6.03 Å². The molecule has 7 nitrogen and oxygen atoms in total. The Morgan fingerprint density at radius 2 is 1.64 bits per heavy atom. The first kappa shape index (κ1) is 20.2. The highest BCUT2D eigenvalue weighted by Crippen LogP contribution is 2.22. The molecule has 0 aliphatic carbocycles. The van der Waals surface area contributed by atoms with Gasteiger partial charge in [-0.1, -0.05) is 12.1 Å². The van der Waals surface area contributed by atoms with E-state index in [0.29, 0.717) is 19.1 Å². The van der Waals surface area contributed by atoms with Crippen LogP contribution in [-0.4, -0.2) is 52.0 Å². The maximum atomic E-state index is 12.0. The smallest absolute Gasteiger partial charge is 0.323 e. The van der Waals surface area contributed by atoms with Crippen molar-refractivity contribution in [3.63, 3.8) is 0 Å². The fraction of sp³-hybridized carbons (Fsp3) is 0.476. The van der Waals surface area contributed by atoms with Gasteiger partial charge in [0.1, 0.15) is 0 Å². The quantitative estimate of drug-likeness (QED) is 0.777. The molecule has 2 amide bonds. The van der Waals surface area contributed by atoms with Crippen LogP contribution < -0.4 is 5.48 Å². The third-order valence-corrected chi connectivity index (χ3v) is 5.40. The second kappa shape index (κ2) is 9.61. The molecule has 1 fully saturated rings. The van der Waals surface area contributed by atoms with E-state index in [1.165, 1.54) is 18.2 Å². The summed E-state index contributed by atoms with van der Waals surface area (Å²) in [6, 6.07) is 8.34. The first-order chi connectivity index (χ1) is 13.6. The highest BCUT2D eigenvalue weighted by molar-refractivity contribution is 5.73. The lowest BCUT2D eigenvalue weighted by Gasteiger charge is -2.38. The van der Waals surface area contributed by atoms with E-state index in [1.807, 2.05) is 24.5 Å². The van der Waals surface area contributed by atoms with Crippen molar-refractivity contribution in [2.75, 3.05) is 20.2 Å². The van der Waals surface area contributed by atoms with Gasteiger partial charge in [-0.15, -0.1) is 0 Å². The molecule has 0 spiro atoms. The summed E-state index contributed by atoms with van der Waals surface area (Å²) in [6.45, 7) is 7.17. The largest absolute Gasteiger partial charge is 0.341 e. The summed E-state index contributed by atoms with van der Waals surface area (Å²) >= 11 is 0. The Hall–Kier alpha value is -2.51. The van der Waals surface area contributed by atoms with Gasteiger partial charge in [0, 0.05) is 44.6 Å². The molecule has 0 unspecified atom stereocenters. The Kier molecular flexibility index (Phi) is 6.95. The van der Waals surface area contributed by atoms with Crippen LogP contribution in [0.5, 0.6) is 0 Å². The Morgan fingerprint density at radius 1 is 1.11 bits per heavy atom. The minimum Gasteiger partial charge on any atom is -0.323 e. The fourth-order valence-corrected chi connectivity index (χ4v) is 3.65. The minimum absolute atomic E-state index is 0.173. The maximum absolute atomic E-state index is 12.0. The normalized spacial score (nSPS) is 15.1. The summed E-state index contributed by atoms with van der Waals surface area (Å²) in [6.07, 6.45) is 5.53. The van der Waals surface area contributed by atoms with Crippen molar-refractivity contribution in [2.24, 2.45) is 0 Å². The van der Waals surface area contributed by atoms with E-state index in [4.69, 9.17) is 4.84 Å². The molecule has 0 radical (unpaired) electrons. The third kappa shape index (κ3) is 5.05. The highest BCUT2D eigenvalue weighted by Gasteiger charge is 2.28. The van der Waals surface area contributed by atoms with Crippen LogP contribution >= 0.6 is 0 Å². The number of aromatic nitrogens is 2. The number of piperidine rings is 1. The van der Waals surface area contributed by atoms with Crippen LogP contribution in [0.3, 0.4) is 0 Å². The molecule has 1 aliphatic rings. The van der Waals surface area contributed by atoms with Gasteiger partial charge in [-0.2, -0.15) is 0 Å². The van der Waals surface area contributed by atoms with Gasteiger partial charge >= 0.3 is 6.03 Å². The van der Waals surface area contributed by atoms with Crippen LogP contribution in [-0.2, 0) is 17.9 Å². The second-order valence-corrected chi connectivity index (χ2v) is 7.27. The van der Waals surface area contributed by atoms with Crippen molar-refractivity contribution in [1.29, 1.82) is 0 Å². The molecule has 0 atom stereocenters. The Balaban J connectivity index is 1.74. The number of amides is 2. The number of urea groups is 1. The van der Waals surface area contributed by atoms with Gasteiger partial charge in [-0.3, -0.25) is 19.7 Å². The first-order valence-corrected chi connectivity index (χ1v) is 9.71. The Bertz CT molecular complexity index is 742. The lowest BCUT2D eigenvalue weighted by molar-refractivity contribution is 0.0660. The molecule has 1 aliphatic heterocycles. The Labute approximate surface area is 166 Å². The van der Waals surface area contributed by atoms with Gasteiger partial charge in [0.05, 0.1) is 18.5 Å². The van der Waals surface area contributed by atoms with E-state index in [1.54, 1.807) is 4.90 Å². The van der Waals surface area contributed by atoms with Crippen molar-refractivity contribution >= 4 is 6.03 Å². The standard InChI is InChI=1S/C21H29N5O2/c1-16-6-4-10-22-19(16)14-26(15-20-17(2)7-5-11-23-20)18-8-12-25(13-9-18)21(27)24-28-3/h4-7,10-11,18H,8-9,12-15H2,1-3H3,(H,24,27). The molecule has 150 valence electrons.